The van der Waals surface area contributed by atoms with Crippen LogP contribution in [-0.2, 0) is 19.4 Å². The highest BCUT2D eigenvalue weighted by atomic mass is 32.1. The fourth-order valence-corrected chi connectivity index (χ4v) is 4.36. The average Bonchev–Trinajstić information content (AvgIpc) is 2.99. The molecule has 2 heterocycles. The molecule has 1 aliphatic carbocycles. The molecule has 5 heteroatoms. The highest BCUT2D eigenvalue weighted by Gasteiger charge is 2.20. The number of nitrogens with zero attached hydrogens (tertiary/aromatic N) is 2. The van der Waals surface area contributed by atoms with E-state index in [1.807, 2.05) is 24.3 Å². The third kappa shape index (κ3) is 2.65. The fourth-order valence-electron chi connectivity index (χ4n) is 3.14. The van der Waals surface area contributed by atoms with Gasteiger partial charge in [-0.1, -0.05) is 18.2 Å². The lowest BCUT2D eigenvalue weighted by Crippen LogP contribution is -2.02. The van der Waals surface area contributed by atoms with E-state index in [-0.39, 0.29) is 0 Å². The third-order valence-electron chi connectivity index (χ3n) is 4.27. The van der Waals surface area contributed by atoms with Crippen LogP contribution in [0.5, 0.6) is 11.6 Å². The standard InChI is InChI=1S/C18H18N2O2S/c1-21-14-8-4-2-6-12(14)10-22-17-16-13-7-3-5-9-15(13)23-18(16)20-11-19-17/h2,4,6,8,11H,3,5,7,9-10H2,1H3. The summed E-state index contributed by atoms with van der Waals surface area (Å²) in [6, 6.07) is 7.91. The molecule has 1 aromatic carbocycles. The van der Waals surface area contributed by atoms with E-state index < -0.39 is 0 Å². The molecular formula is C18H18N2O2S. The van der Waals surface area contributed by atoms with Gasteiger partial charge >= 0.3 is 0 Å². The van der Waals surface area contributed by atoms with Crippen molar-refractivity contribution in [2.75, 3.05) is 7.11 Å². The predicted molar refractivity (Wildman–Crippen MR) is 91.4 cm³/mol. The Kier molecular flexibility index (Phi) is 3.87. The van der Waals surface area contributed by atoms with Crippen molar-refractivity contribution >= 4 is 21.6 Å². The molecule has 1 aliphatic rings. The Bertz CT molecular complexity index is 844. The Morgan fingerprint density at radius 3 is 2.91 bits per heavy atom. The molecule has 0 fully saturated rings. The van der Waals surface area contributed by atoms with Crippen LogP contribution in [0.2, 0.25) is 0 Å². The number of ether oxygens (including phenoxy) is 2. The van der Waals surface area contributed by atoms with E-state index in [2.05, 4.69) is 9.97 Å². The van der Waals surface area contributed by atoms with Crippen LogP contribution in [0.25, 0.3) is 10.2 Å². The quantitative estimate of drug-likeness (QED) is 0.722. The first-order chi connectivity index (χ1) is 11.4. The second-order valence-electron chi connectivity index (χ2n) is 5.67. The van der Waals surface area contributed by atoms with Gasteiger partial charge in [-0.3, -0.25) is 0 Å². The van der Waals surface area contributed by atoms with Crippen molar-refractivity contribution in [2.24, 2.45) is 0 Å². The topological polar surface area (TPSA) is 44.2 Å². The van der Waals surface area contributed by atoms with Gasteiger partial charge in [0.2, 0.25) is 5.88 Å². The van der Waals surface area contributed by atoms with Crippen LogP contribution in [0.15, 0.2) is 30.6 Å². The largest absolute Gasteiger partial charge is 0.496 e. The Balaban J connectivity index is 1.68. The highest BCUT2D eigenvalue weighted by molar-refractivity contribution is 7.18. The minimum absolute atomic E-state index is 0.445. The first kappa shape index (κ1) is 14.5. The highest BCUT2D eigenvalue weighted by Crippen LogP contribution is 2.39. The van der Waals surface area contributed by atoms with Crippen LogP contribution < -0.4 is 9.47 Å². The van der Waals surface area contributed by atoms with Crippen LogP contribution in [0.4, 0.5) is 0 Å². The van der Waals surface area contributed by atoms with E-state index in [1.165, 1.54) is 23.3 Å². The van der Waals surface area contributed by atoms with Gasteiger partial charge in [0, 0.05) is 10.4 Å². The van der Waals surface area contributed by atoms with E-state index in [0.717, 1.165) is 34.4 Å². The minimum atomic E-state index is 0.445. The van der Waals surface area contributed by atoms with E-state index in [4.69, 9.17) is 9.47 Å². The summed E-state index contributed by atoms with van der Waals surface area (Å²) >= 11 is 1.79. The summed E-state index contributed by atoms with van der Waals surface area (Å²) in [7, 11) is 1.68. The van der Waals surface area contributed by atoms with Gasteiger partial charge in [-0.25, -0.2) is 9.97 Å². The van der Waals surface area contributed by atoms with Gasteiger partial charge < -0.3 is 9.47 Å². The molecule has 0 amide bonds. The maximum atomic E-state index is 6.05. The molecule has 118 valence electrons. The number of fused-ring (bicyclic) bond motifs is 3. The van der Waals surface area contributed by atoms with Crippen molar-refractivity contribution in [3.8, 4) is 11.6 Å². The van der Waals surface area contributed by atoms with Crippen molar-refractivity contribution in [1.29, 1.82) is 0 Å². The van der Waals surface area contributed by atoms with Gasteiger partial charge in [-0.05, 0) is 37.3 Å². The summed E-state index contributed by atoms with van der Waals surface area (Å²) in [5, 5.41) is 1.11. The number of benzene rings is 1. The third-order valence-corrected chi connectivity index (χ3v) is 5.47. The molecule has 0 spiro atoms. The molecule has 3 aromatic rings. The number of hydrogen-bond donors (Lipinski definition) is 0. The number of methoxy groups -OCH3 is 1. The average molecular weight is 326 g/mol. The summed E-state index contributed by atoms with van der Waals surface area (Å²) in [4.78, 5) is 11.3. The molecule has 0 radical (unpaired) electrons. The van der Waals surface area contributed by atoms with Crippen molar-refractivity contribution < 1.29 is 9.47 Å². The molecular weight excluding hydrogens is 308 g/mol. The van der Waals surface area contributed by atoms with Crippen LogP contribution in [0, 0.1) is 0 Å². The van der Waals surface area contributed by atoms with E-state index in [0.29, 0.717) is 12.5 Å². The lowest BCUT2D eigenvalue weighted by molar-refractivity contribution is 0.289. The van der Waals surface area contributed by atoms with Crippen LogP contribution in [0.3, 0.4) is 0 Å². The Hall–Kier alpha value is -2.14. The first-order valence-electron chi connectivity index (χ1n) is 7.87. The van der Waals surface area contributed by atoms with Crippen molar-refractivity contribution in [3.05, 3.63) is 46.6 Å². The number of thiophene rings is 1. The Labute approximate surface area is 139 Å². The molecule has 0 atom stereocenters. The van der Waals surface area contributed by atoms with Crippen molar-refractivity contribution in [1.82, 2.24) is 9.97 Å². The van der Waals surface area contributed by atoms with E-state index >= 15 is 0 Å². The van der Waals surface area contributed by atoms with Crippen LogP contribution >= 0.6 is 11.3 Å². The van der Waals surface area contributed by atoms with Crippen molar-refractivity contribution in [2.45, 2.75) is 32.3 Å². The van der Waals surface area contributed by atoms with Crippen molar-refractivity contribution in [3.63, 3.8) is 0 Å². The first-order valence-corrected chi connectivity index (χ1v) is 8.68. The van der Waals surface area contributed by atoms with Gasteiger partial charge in [0.25, 0.3) is 0 Å². The summed E-state index contributed by atoms with van der Waals surface area (Å²) in [6.07, 6.45) is 6.36. The SMILES string of the molecule is COc1ccccc1COc1ncnc2sc3c(c12)CCCC3. The van der Waals surface area contributed by atoms with Gasteiger partial charge in [0.15, 0.2) is 0 Å². The molecule has 23 heavy (non-hydrogen) atoms. The Morgan fingerprint density at radius 1 is 1.13 bits per heavy atom. The number of hydrogen-bond acceptors (Lipinski definition) is 5. The lowest BCUT2D eigenvalue weighted by Gasteiger charge is -2.13. The zero-order chi connectivity index (χ0) is 15.6. The molecule has 2 aromatic heterocycles. The monoisotopic (exact) mass is 326 g/mol. The van der Waals surface area contributed by atoms with Gasteiger partial charge in [-0.2, -0.15) is 0 Å². The fraction of sp³-hybridized carbons (Fsp3) is 0.333. The number of aromatic nitrogens is 2. The lowest BCUT2D eigenvalue weighted by atomic mass is 9.97. The molecule has 0 bridgehead atoms. The minimum Gasteiger partial charge on any atom is -0.496 e. The van der Waals surface area contributed by atoms with E-state index in [9.17, 15) is 0 Å². The second kappa shape index (κ2) is 6.16. The van der Waals surface area contributed by atoms with E-state index in [1.54, 1.807) is 24.8 Å². The van der Waals surface area contributed by atoms with Gasteiger partial charge in [0.05, 0.1) is 12.5 Å². The maximum absolute atomic E-state index is 6.05. The zero-order valence-corrected chi connectivity index (χ0v) is 13.9. The number of rotatable bonds is 4. The smallest absolute Gasteiger partial charge is 0.225 e. The van der Waals surface area contributed by atoms with Crippen LogP contribution in [-0.4, -0.2) is 17.1 Å². The second-order valence-corrected chi connectivity index (χ2v) is 6.75. The summed E-state index contributed by atoms with van der Waals surface area (Å²) in [6.45, 7) is 0.445. The normalized spacial score (nSPS) is 13.8. The van der Waals surface area contributed by atoms with Gasteiger partial charge in [0.1, 0.15) is 23.5 Å². The number of aryl methyl sites for hydroxylation is 2. The molecule has 0 N–H and O–H groups in total. The molecule has 0 saturated heterocycles. The Morgan fingerprint density at radius 2 is 2.00 bits per heavy atom. The molecule has 0 aliphatic heterocycles. The summed E-state index contributed by atoms with van der Waals surface area (Å²) in [5.74, 6) is 1.53. The number of para-hydroxylation sites is 1. The summed E-state index contributed by atoms with van der Waals surface area (Å²) in [5.41, 5.74) is 2.41. The zero-order valence-electron chi connectivity index (χ0n) is 13.0. The van der Waals surface area contributed by atoms with Gasteiger partial charge in [-0.15, -0.1) is 11.3 Å². The predicted octanol–water partition coefficient (Wildman–Crippen LogP) is 4.16. The molecule has 4 nitrogen and oxygen atoms in total. The molecule has 4 rings (SSSR count). The molecule has 0 unspecified atom stereocenters. The summed E-state index contributed by atoms with van der Waals surface area (Å²) < 4.78 is 11.4. The van der Waals surface area contributed by atoms with Crippen LogP contribution in [0.1, 0.15) is 28.8 Å². The molecule has 0 saturated carbocycles. The maximum Gasteiger partial charge on any atom is 0.225 e.